The van der Waals surface area contributed by atoms with Crippen molar-refractivity contribution in [2.75, 3.05) is 19.0 Å². The first-order valence-electron chi connectivity index (χ1n) is 6.21. The van der Waals surface area contributed by atoms with Crippen molar-refractivity contribution in [2.24, 2.45) is 5.41 Å². The number of amides is 1. The predicted octanol–water partition coefficient (Wildman–Crippen LogP) is 2.86. The fourth-order valence-corrected chi connectivity index (χ4v) is 1.96. The van der Waals surface area contributed by atoms with Crippen LogP contribution in [0.4, 0.5) is 19.0 Å². The van der Waals surface area contributed by atoms with Gasteiger partial charge in [-0.05, 0) is 31.4 Å². The van der Waals surface area contributed by atoms with E-state index in [0.29, 0.717) is 13.0 Å². The highest BCUT2D eigenvalue weighted by atomic mass is 19.4. The molecular formula is C13H15F3N2O2. The lowest BCUT2D eigenvalue weighted by molar-refractivity contribution is -0.137. The van der Waals surface area contributed by atoms with Crippen LogP contribution < -0.4 is 5.32 Å². The number of aromatic nitrogens is 1. The number of hydrogen-bond donors (Lipinski definition) is 1. The summed E-state index contributed by atoms with van der Waals surface area (Å²) in [7, 11) is 1.54. The van der Waals surface area contributed by atoms with E-state index in [4.69, 9.17) is 4.74 Å². The number of carbonyl (C=O) groups excluding carboxylic acids is 1. The van der Waals surface area contributed by atoms with Gasteiger partial charge >= 0.3 is 6.18 Å². The summed E-state index contributed by atoms with van der Waals surface area (Å²) in [5.41, 5.74) is -1.34. The van der Waals surface area contributed by atoms with Crippen LogP contribution in [-0.2, 0) is 15.7 Å². The number of rotatable bonds is 5. The average Bonchev–Trinajstić information content (AvgIpc) is 3.17. The number of pyridine rings is 1. The number of halogens is 3. The van der Waals surface area contributed by atoms with E-state index in [2.05, 4.69) is 10.3 Å². The molecule has 1 aromatic rings. The molecular weight excluding hydrogens is 273 g/mol. The number of methoxy groups -OCH3 is 1. The SMILES string of the molecule is COCCC1(C(=O)Nc2cc(C(F)(F)F)ccn2)CC1. The van der Waals surface area contributed by atoms with E-state index in [1.165, 1.54) is 0 Å². The molecule has 7 heteroatoms. The van der Waals surface area contributed by atoms with Crippen molar-refractivity contribution in [3.05, 3.63) is 23.9 Å². The number of ether oxygens (including phenoxy) is 1. The first kappa shape index (κ1) is 14.8. The van der Waals surface area contributed by atoms with Crippen molar-refractivity contribution in [1.82, 2.24) is 4.98 Å². The van der Waals surface area contributed by atoms with Crippen molar-refractivity contribution in [3.63, 3.8) is 0 Å². The van der Waals surface area contributed by atoms with Gasteiger partial charge in [-0.2, -0.15) is 13.2 Å². The minimum Gasteiger partial charge on any atom is -0.385 e. The number of alkyl halides is 3. The predicted molar refractivity (Wildman–Crippen MR) is 66.0 cm³/mol. The van der Waals surface area contributed by atoms with Gasteiger partial charge in [0, 0.05) is 19.9 Å². The molecule has 1 fully saturated rings. The van der Waals surface area contributed by atoms with Gasteiger partial charge in [0.1, 0.15) is 5.82 Å². The molecule has 0 unspecified atom stereocenters. The van der Waals surface area contributed by atoms with Crippen molar-refractivity contribution >= 4 is 11.7 Å². The van der Waals surface area contributed by atoms with E-state index in [1.54, 1.807) is 7.11 Å². The summed E-state index contributed by atoms with van der Waals surface area (Å²) in [5, 5.41) is 2.46. The molecule has 0 aliphatic heterocycles. The summed E-state index contributed by atoms with van der Waals surface area (Å²) in [4.78, 5) is 15.8. The third-order valence-electron chi connectivity index (χ3n) is 3.45. The van der Waals surface area contributed by atoms with Crippen LogP contribution in [0, 0.1) is 5.41 Å². The average molecular weight is 288 g/mol. The van der Waals surface area contributed by atoms with Gasteiger partial charge in [0.2, 0.25) is 5.91 Å². The lowest BCUT2D eigenvalue weighted by Crippen LogP contribution is -2.26. The Balaban J connectivity index is 2.05. The fraction of sp³-hybridized carbons (Fsp3) is 0.538. The standard InChI is InChI=1S/C13H15F3N2O2/c1-20-7-5-12(3-4-12)11(19)18-10-8-9(2-6-17-10)13(14,15)16/h2,6,8H,3-5,7H2,1H3,(H,17,18,19). The van der Waals surface area contributed by atoms with Crippen LogP contribution >= 0.6 is 0 Å². The van der Waals surface area contributed by atoms with Gasteiger partial charge in [-0.15, -0.1) is 0 Å². The minimum absolute atomic E-state index is 0.0754. The minimum atomic E-state index is -4.45. The Morgan fingerprint density at radius 2 is 2.20 bits per heavy atom. The number of hydrogen-bond acceptors (Lipinski definition) is 3. The van der Waals surface area contributed by atoms with Crippen LogP contribution in [-0.4, -0.2) is 24.6 Å². The Bertz CT molecular complexity index is 499. The van der Waals surface area contributed by atoms with Crippen LogP contribution in [0.1, 0.15) is 24.8 Å². The number of nitrogens with zero attached hydrogens (tertiary/aromatic N) is 1. The summed E-state index contributed by atoms with van der Waals surface area (Å²) < 4.78 is 42.6. The number of carbonyl (C=O) groups is 1. The monoisotopic (exact) mass is 288 g/mol. The van der Waals surface area contributed by atoms with Crippen molar-refractivity contribution in [1.29, 1.82) is 0 Å². The van der Waals surface area contributed by atoms with Crippen LogP contribution in [0.15, 0.2) is 18.3 Å². The second kappa shape index (κ2) is 5.40. The Kier molecular flexibility index (Phi) is 3.99. The largest absolute Gasteiger partial charge is 0.416 e. The molecule has 1 aliphatic carbocycles. The van der Waals surface area contributed by atoms with Crippen LogP contribution in [0.2, 0.25) is 0 Å². The molecule has 0 radical (unpaired) electrons. The summed E-state index contributed by atoms with van der Waals surface area (Å²) in [6.45, 7) is 0.448. The summed E-state index contributed by atoms with van der Waals surface area (Å²) in [5.74, 6) is -0.366. The summed E-state index contributed by atoms with van der Waals surface area (Å²) in [6.07, 6.45) is -1.40. The molecule has 1 heterocycles. The topological polar surface area (TPSA) is 51.2 Å². The van der Waals surface area contributed by atoms with Crippen molar-refractivity contribution in [3.8, 4) is 0 Å². The van der Waals surface area contributed by atoms with Gasteiger partial charge in [-0.25, -0.2) is 4.98 Å². The molecule has 0 bridgehead atoms. The number of anilines is 1. The van der Waals surface area contributed by atoms with Crippen LogP contribution in [0.5, 0.6) is 0 Å². The zero-order valence-electron chi connectivity index (χ0n) is 11.0. The highest BCUT2D eigenvalue weighted by Gasteiger charge is 2.49. The number of nitrogens with one attached hydrogen (secondary N) is 1. The molecule has 1 amide bonds. The van der Waals surface area contributed by atoms with Gasteiger partial charge in [0.15, 0.2) is 0 Å². The first-order valence-corrected chi connectivity index (χ1v) is 6.21. The highest BCUT2D eigenvalue weighted by molar-refractivity contribution is 5.96. The normalized spacial score (nSPS) is 16.8. The third kappa shape index (κ3) is 3.27. The molecule has 1 N–H and O–H groups in total. The first-order chi connectivity index (χ1) is 9.37. The maximum Gasteiger partial charge on any atom is 0.416 e. The maximum absolute atomic E-state index is 12.6. The molecule has 0 atom stereocenters. The second-order valence-corrected chi connectivity index (χ2v) is 4.90. The molecule has 0 spiro atoms. The van der Waals surface area contributed by atoms with E-state index < -0.39 is 17.2 Å². The van der Waals surface area contributed by atoms with Crippen molar-refractivity contribution < 1.29 is 22.7 Å². The molecule has 1 aromatic heterocycles. The molecule has 20 heavy (non-hydrogen) atoms. The van der Waals surface area contributed by atoms with Gasteiger partial charge in [-0.1, -0.05) is 0 Å². The second-order valence-electron chi connectivity index (χ2n) is 4.90. The quantitative estimate of drug-likeness (QED) is 0.906. The van der Waals surface area contributed by atoms with Gasteiger partial charge in [0.05, 0.1) is 11.0 Å². The van der Waals surface area contributed by atoms with E-state index in [-0.39, 0.29) is 11.7 Å². The van der Waals surface area contributed by atoms with Crippen LogP contribution in [0.25, 0.3) is 0 Å². The molecule has 2 rings (SSSR count). The lowest BCUT2D eigenvalue weighted by atomic mass is 10.0. The fourth-order valence-electron chi connectivity index (χ4n) is 1.96. The molecule has 1 saturated carbocycles. The molecule has 4 nitrogen and oxygen atoms in total. The highest BCUT2D eigenvalue weighted by Crippen LogP contribution is 2.49. The zero-order valence-corrected chi connectivity index (χ0v) is 11.0. The zero-order chi connectivity index (χ0) is 14.8. The third-order valence-corrected chi connectivity index (χ3v) is 3.45. The van der Waals surface area contributed by atoms with E-state index in [1.807, 2.05) is 0 Å². The Morgan fingerprint density at radius 3 is 2.75 bits per heavy atom. The molecule has 0 saturated heterocycles. The van der Waals surface area contributed by atoms with Crippen LogP contribution in [0.3, 0.4) is 0 Å². The molecule has 1 aliphatic rings. The maximum atomic E-state index is 12.6. The lowest BCUT2D eigenvalue weighted by Gasteiger charge is -2.15. The van der Waals surface area contributed by atoms with E-state index >= 15 is 0 Å². The summed E-state index contributed by atoms with van der Waals surface area (Å²) >= 11 is 0. The smallest absolute Gasteiger partial charge is 0.385 e. The Morgan fingerprint density at radius 1 is 1.50 bits per heavy atom. The Hall–Kier alpha value is -1.63. The van der Waals surface area contributed by atoms with E-state index in [0.717, 1.165) is 31.2 Å². The van der Waals surface area contributed by atoms with Gasteiger partial charge in [-0.3, -0.25) is 4.79 Å². The van der Waals surface area contributed by atoms with Gasteiger partial charge < -0.3 is 10.1 Å². The van der Waals surface area contributed by atoms with E-state index in [9.17, 15) is 18.0 Å². The Labute approximate surface area is 114 Å². The summed E-state index contributed by atoms with van der Waals surface area (Å²) in [6, 6.07) is 1.71. The van der Waals surface area contributed by atoms with Gasteiger partial charge in [0.25, 0.3) is 0 Å². The van der Waals surface area contributed by atoms with Crippen molar-refractivity contribution in [2.45, 2.75) is 25.4 Å². The molecule has 0 aromatic carbocycles. The molecule has 110 valence electrons.